The molecule has 1 aromatic heterocycles. The predicted molar refractivity (Wildman–Crippen MR) is 71.9 cm³/mol. The molecule has 1 aromatic rings. The van der Waals surface area contributed by atoms with Crippen LogP contribution >= 0.6 is 11.3 Å². The monoisotopic (exact) mass is 238 g/mol. The molecule has 0 aliphatic heterocycles. The summed E-state index contributed by atoms with van der Waals surface area (Å²) in [5.41, 5.74) is 1.42. The first-order chi connectivity index (χ1) is 7.68. The van der Waals surface area contributed by atoms with Crippen LogP contribution in [0.4, 0.5) is 0 Å². The zero-order valence-corrected chi connectivity index (χ0v) is 11.3. The molecular formula is C13H22N2S. The van der Waals surface area contributed by atoms with Crippen LogP contribution in [0.15, 0.2) is 23.2 Å². The van der Waals surface area contributed by atoms with Crippen molar-refractivity contribution in [3.63, 3.8) is 0 Å². The number of allylic oxidation sites excluding steroid dienone is 1. The van der Waals surface area contributed by atoms with Crippen molar-refractivity contribution < 1.29 is 0 Å². The van der Waals surface area contributed by atoms with Crippen molar-refractivity contribution in [3.05, 3.63) is 28.2 Å². The molecule has 3 heteroatoms. The van der Waals surface area contributed by atoms with Gasteiger partial charge >= 0.3 is 0 Å². The highest BCUT2D eigenvalue weighted by Crippen LogP contribution is 2.10. The zero-order valence-electron chi connectivity index (χ0n) is 10.5. The fourth-order valence-electron chi connectivity index (χ4n) is 1.46. The molecule has 0 saturated carbocycles. The van der Waals surface area contributed by atoms with Crippen molar-refractivity contribution in [1.82, 2.24) is 10.3 Å². The average Bonchev–Trinajstić information content (AvgIpc) is 2.69. The molecule has 0 fully saturated rings. The van der Waals surface area contributed by atoms with Crippen LogP contribution in [-0.4, -0.2) is 18.1 Å². The van der Waals surface area contributed by atoms with E-state index in [0.717, 1.165) is 31.8 Å². The summed E-state index contributed by atoms with van der Waals surface area (Å²) in [4.78, 5) is 4.29. The van der Waals surface area contributed by atoms with Crippen LogP contribution < -0.4 is 5.32 Å². The molecule has 0 aromatic carbocycles. The lowest BCUT2D eigenvalue weighted by atomic mass is 10.2. The Morgan fingerprint density at radius 3 is 3.00 bits per heavy atom. The van der Waals surface area contributed by atoms with E-state index >= 15 is 0 Å². The van der Waals surface area contributed by atoms with Crippen LogP contribution in [-0.2, 0) is 6.42 Å². The Bertz CT molecular complexity index is 302. The van der Waals surface area contributed by atoms with Crippen LogP contribution in [0.5, 0.6) is 0 Å². The van der Waals surface area contributed by atoms with Gasteiger partial charge in [0.05, 0.1) is 5.01 Å². The minimum Gasteiger partial charge on any atom is -0.316 e. The van der Waals surface area contributed by atoms with E-state index in [4.69, 9.17) is 0 Å². The van der Waals surface area contributed by atoms with Crippen molar-refractivity contribution in [2.45, 2.75) is 33.6 Å². The van der Waals surface area contributed by atoms with Crippen LogP contribution in [0.3, 0.4) is 0 Å². The molecule has 0 atom stereocenters. The number of thiazole rings is 1. The summed E-state index contributed by atoms with van der Waals surface area (Å²) in [5, 5.41) is 6.69. The standard InChI is InChI=1S/C13H22N2S/c1-11(2)10-14-6-4-5-12(3)9-13-15-7-8-16-13/h5,7-8,11,14H,4,6,9-10H2,1-3H3. The van der Waals surface area contributed by atoms with Gasteiger partial charge in [0.1, 0.15) is 0 Å². The number of nitrogens with one attached hydrogen (secondary N) is 1. The maximum Gasteiger partial charge on any atom is 0.0965 e. The summed E-state index contributed by atoms with van der Waals surface area (Å²) in [6.07, 6.45) is 6.30. The maximum atomic E-state index is 4.29. The molecule has 90 valence electrons. The van der Waals surface area contributed by atoms with Crippen LogP contribution in [0.2, 0.25) is 0 Å². The third-order valence-electron chi connectivity index (χ3n) is 2.28. The van der Waals surface area contributed by atoms with E-state index in [0.29, 0.717) is 0 Å². The van der Waals surface area contributed by atoms with Crippen molar-refractivity contribution in [2.75, 3.05) is 13.1 Å². The summed E-state index contributed by atoms with van der Waals surface area (Å²) in [5.74, 6) is 0.736. The molecule has 0 aliphatic carbocycles. The van der Waals surface area contributed by atoms with Gasteiger partial charge in [-0.25, -0.2) is 4.98 Å². The van der Waals surface area contributed by atoms with Gasteiger partial charge in [-0.2, -0.15) is 0 Å². The van der Waals surface area contributed by atoms with Gasteiger partial charge in [0.2, 0.25) is 0 Å². The first-order valence-electron chi connectivity index (χ1n) is 5.93. The minimum atomic E-state index is 0.736. The Morgan fingerprint density at radius 1 is 1.56 bits per heavy atom. The fraction of sp³-hybridized carbons (Fsp3) is 0.615. The van der Waals surface area contributed by atoms with E-state index in [2.05, 4.69) is 37.1 Å². The second-order valence-corrected chi connectivity index (χ2v) is 5.52. The van der Waals surface area contributed by atoms with Gasteiger partial charge in [-0.1, -0.05) is 25.5 Å². The molecule has 0 amide bonds. The van der Waals surface area contributed by atoms with E-state index in [9.17, 15) is 0 Å². The van der Waals surface area contributed by atoms with E-state index in [1.807, 2.05) is 11.6 Å². The second kappa shape index (κ2) is 7.58. The van der Waals surface area contributed by atoms with Gasteiger partial charge in [0, 0.05) is 18.0 Å². The second-order valence-electron chi connectivity index (χ2n) is 4.54. The molecule has 0 bridgehead atoms. The molecule has 0 aliphatic rings. The SMILES string of the molecule is CC(=CCCNCC(C)C)Cc1nccs1. The maximum absolute atomic E-state index is 4.29. The van der Waals surface area contributed by atoms with E-state index in [1.54, 1.807) is 11.3 Å². The molecule has 2 nitrogen and oxygen atoms in total. The highest BCUT2D eigenvalue weighted by Gasteiger charge is 1.96. The van der Waals surface area contributed by atoms with Crippen molar-refractivity contribution >= 4 is 11.3 Å². The molecule has 0 radical (unpaired) electrons. The van der Waals surface area contributed by atoms with E-state index < -0.39 is 0 Å². The largest absolute Gasteiger partial charge is 0.316 e. The molecule has 16 heavy (non-hydrogen) atoms. The summed E-state index contributed by atoms with van der Waals surface area (Å²) in [6.45, 7) is 8.84. The molecule has 1 N–H and O–H groups in total. The average molecular weight is 238 g/mol. The smallest absolute Gasteiger partial charge is 0.0965 e. The molecule has 1 heterocycles. The van der Waals surface area contributed by atoms with Gasteiger partial charge < -0.3 is 5.32 Å². The Morgan fingerprint density at radius 2 is 2.38 bits per heavy atom. The molecule has 0 saturated heterocycles. The third kappa shape index (κ3) is 6.03. The quantitative estimate of drug-likeness (QED) is 0.582. The normalized spacial score (nSPS) is 12.4. The van der Waals surface area contributed by atoms with Crippen LogP contribution in [0.25, 0.3) is 0 Å². The van der Waals surface area contributed by atoms with Gasteiger partial charge in [0.25, 0.3) is 0 Å². The third-order valence-corrected chi connectivity index (χ3v) is 3.06. The number of nitrogens with zero attached hydrogens (tertiary/aromatic N) is 1. The molecule has 0 unspecified atom stereocenters. The summed E-state index contributed by atoms with van der Waals surface area (Å²) in [6, 6.07) is 0. The first kappa shape index (κ1) is 13.4. The van der Waals surface area contributed by atoms with Crippen molar-refractivity contribution in [1.29, 1.82) is 0 Å². The Kier molecular flexibility index (Phi) is 6.34. The van der Waals surface area contributed by atoms with E-state index in [-0.39, 0.29) is 0 Å². The predicted octanol–water partition coefficient (Wildman–Crippen LogP) is 3.27. The Hall–Kier alpha value is -0.670. The van der Waals surface area contributed by atoms with Crippen LogP contribution in [0, 0.1) is 5.92 Å². The fourth-order valence-corrected chi connectivity index (χ4v) is 2.17. The summed E-state index contributed by atoms with van der Waals surface area (Å²) < 4.78 is 0. The van der Waals surface area contributed by atoms with Gasteiger partial charge in [-0.05, 0) is 32.4 Å². The molecule has 1 rings (SSSR count). The van der Waals surface area contributed by atoms with Gasteiger partial charge in [-0.3, -0.25) is 0 Å². The highest BCUT2D eigenvalue weighted by atomic mass is 32.1. The van der Waals surface area contributed by atoms with Crippen LogP contribution in [0.1, 0.15) is 32.2 Å². The lowest BCUT2D eigenvalue weighted by Crippen LogP contribution is -2.20. The molecular weight excluding hydrogens is 216 g/mol. The molecule has 0 spiro atoms. The van der Waals surface area contributed by atoms with Gasteiger partial charge in [-0.15, -0.1) is 11.3 Å². The number of rotatable bonds is 7. The number of aromatic nitrogens is 1. The summed E-state index contributed by atoms with van der Waals surface area (Å²) >= 11 is 1.73. The highest BCUT2D eigenvalue weighted by molar-refractivity contribution is 7.09. The topological polar surface area (TPSA) is 24.9 Å². The Balaban J connectivity index is 2.14. The lowest BCUT2D eigenvalue weighted by molar-refractivity contribution is 0.556. The lowest BCUT2D eigenvalue weighted by Gasteiger charge is -2.05. The minimum absolute atomic E-state index is 0.736. The summed E-state index contributed by atoms with van der Waals surface area (Å²) in [7, 11) is 0. The first-order valence-corrected chi connectivity index (χ1v) is 6.81. The van der Waals surface area contributed by atoms with Gasteiger partial charge in [0.15, 0.2) is 0 Å². The van der Waals surface area contributed by atoms with E-state index in [1.165, 1.54) is 10.6 Å². The zero-order chi connectivity index (χ0) is 11.8. The Labute approximate surface area is 103 Å². The van der Waals surface area contributed by atoms with Crippen molar-refractivity contribution in [2.24, 2.45) is 5.92 Å². The number of hydrogen-bond donors (Lipinski definition) is 1. The number of hydrogen-bond acceptors (Lipinski definition) is 3. The van der Waals surface area contributed by atoms with Crippen molar-refractivity contribution in [3.8, 4) is 0 Å².